The highest BCUT2D eigenvalue weighted by molar-refractivity contribution is 7.93. The van der Waals surface area contributed by atoms with Gasteiger partial charge in [-0.3, -0.25) is 4.79 Å². The SMILES string of the molecule is CC(O)C(NS(=O)(=O)CCS(C)(=O)=O)C(=O)O. The molecule has 0 heterocycles. The van der Waals surface area contributed by atoms with Gasteiger partial charge in [0.1, 0.15) is 15.9 Å². The zero-order chi connectivity index (χ0) is 13.9. The average Bonchev–Trinajstić information content (AvgIpc) is 2.09. The third kappa shape index (κ3) is 7.26. The number of hydrogen-bond acceptors (Lipinski definition) is 6. The van der Waals surface area contributed by atoms with Crippen LogP contribution in [-0.4, -0.2) is 62.9 Å². The number of nitrogens with one attached hydrogen (secondary N) is 1. The molecule has 0 saturated heterocycles. The van der Waals surface area contributed by atoms with E-state index in [1.165, 1.54) is 0 Å². The first-order valence-electron chi connectivity index (χ1n) is 4.53. The number of aliphatic carboxylic acids is 1. The number of carboxylic acids is 1. The van der Waals surface area contributed by atoms with Crippen molar-refractivity contribution in [3.63, 3.8) is 0 Å². The van der Waals surface area contributed by atoms with E-state index < -0.39 is 49.5 Å². The fourth-order valence-electron chi connectivity index (χ4n) is 0.869. The Balaban J connectivity index is 4.69. The minimum absolute atomic E-state index is 0.617. The monoisotopic (exact) mass is 289 g/mol. The van der Waals surface area contributed by atoms with Crippen molar-refractivity contribution in [2.75, 3.05) is 17.8 Å². The molecule has 3 N–H and O–H groups in total. The van der Waals surface area contributed by atoms with Crippen molar-refractivity contribution in [1.82, 2.24) is 4.72 Å². The van der Waals surface area contributed by atoms with E-state index >= 15 is 0 Å². The van der Waals surface area contributed by atoms with E-state index in [2.05, 4.69) is 0 Å². The maximum Gasteiger partial charge on any atom is 0.324 e. The van der Waals surface area contributed by atoms with Crippen molar-refractivity contribution in [3.05, 3.63) is 0 Å². The van der Waals surface area contributed by atoms with Crippen molar-refractivity contribution in [1.29, 1.82) is 0 Å². The van der Waals surface area contributed by atoms with Crippen LogP contribution in [0.2, 0.25) is 0 Å². The molecule has 0 aromatic heterocycles. The maximum absolute atomic E-state index is 11.3. The second kappa shape index (κ2) is 5.76. The normalized spacial score (nSPS) is 16.4. The highest BCUT2D eigenvalue weighted by atomic mass is 32.2. The molecular formula is C7H15NO7S2. The maximum atomic E-state index is 11.3. The summed E-state index contributed by atoms with van der Waals surface area (Å²) in [5.74, 6) is -2.90. The van der Waals surface area contributed by atoms with Crippen LogP contribution in [-0.2, 0) is 24.7 Å². The second-order valence-electron chi connectivity index (χ2n) is 3.62. The molecule has 0 saturated carbocycles. The van der Waals surface area contributed by atoms with Gasteiger partial charge in [0.15, 0.2) is 0 Å². The minimum atomic E-state index is -4.07. The van der Waals surface area contributed by atoms with Gasteiger partial charge >= 0.3 is 5.97 Å². The predicted molar refractivity (Wildman–Crippen MR) is 59.7 cm³/mol. The lowest BCUT2D eigenvalue weighted by Gasteiger charge is -2.16. The van der Waals surface area contributed by atoms with E-state index in [1.54, 1.807) is 4.72 Å². The molecule has 17 heavy (non-hydrogen) atoms. The molecule has 0 aromatic carbocycles. The molecule has 102 valence electrons. The Morgan fingerprint density at radius 2 is 1.71 bits per heavy atom. The summed E-state index contributed by atoms with van der Waals surface area (Å²) in [6.07, 6.45) is -0.563. The van der Waals surface area contributed by atoms with Crippen molar-refractivity contribution in [2.24, 2.45) is 0 Å². The lowest BCUT2D eigenvalue weighted by molar-refractivity contribution is -0.141. The molecule has 0 aliphatic heterocycles. The first-order valence-corrected chi connectivity index (χ1v) is 8.24. The number of sulfone groups is 1. The van der Waals surface area contributed by atoms with Crippen LogP contribution in [0.25, 0.3) is 0 Å². The molecule has 8 nitrogen and oxygen atoms in total. The zero-order valence-electron chi connectivity index (χ0n) is 9.32. The molecule has 0 spiro atoms. The van der Waals surface area contributed by atoms with E-state index in [-0.39, 0.29) is 0 Å². The Labute approximate surface area is 99.6 Å². The average molecular weight is 289 g/mol. The minimum Gasteiger partial charge on any atom is -0.480 e. The summed E-state index contributed by atoms with van der Waals surface area (Å²) in [7, 11) is -7.54. The lowest BCUT2D eigenvalue weighted by atomic mass is 10.2. The van der Waals surface area contributed by atoms with Crippen molar-refractivity contribution >= 4 is 25.8 Å². The topological polar surface area (TPSA) is 138 Å². The van der Waals surface area contributed by atoms with Crippen LogP contribution >= 0.6 is 0 Å². The fourth-order valence-corrected chi connectivity index (χ4v) is 3.76. The van der Waals surface area contributed by atoms with E-state index in [4.69, 9.17) is 10.2 Å². The summed E-state index contributed by atoms with van der Waals surface area (Å²) in [5, 5.41) is 17.7. The number of carboxylic acid groups (broad SMARTS) is 1. The largest absolute Gasteiger partial charge is 0.480 e. The predicted octanol–water partition coefficient (Wildman–Crippen LogP) is -2.22. The standard InChI is InChI=1S/C7H15NO7S2/c1-5(9)6(7(10)11)8-17(14,15)4-3-16(2,12)13/h5-6,8-9H,3-4H2,1-2H3,(H,10,11). The first-order chi connectivity index (χ1) is 7.44. The Morgan fingerprint density at radius 3 is 2.00 bits per heavy atom. The first kappa shape index (κ1) is 16.3. The summed E-state index contributed by atoms with van der Waals surface area (Å²) >= 11 is 0. The fraction of sp³-hybridized carbons (Fsp3) is 0.857. The van der Waals surface area contributed by atoms with Crippen LogP contribution in [0.5, 0.6) is 0 Å². The Bertz CT molecular complexity index is 464. The molecule has 0 amide bonds. The van der Waals surface area contributed by atoms with E-state index in [9.17, 15) is 21.6 Å². The molecule has 0 radical (unpaired) electrons. The molecule has 0 rings (SSSR count). The van der Waals surface area contributed by atoms with Crippen LogP contribution in [0, 0.1) is 0 Å². The van der Waals surface area contributed by atoms with Gasteiger partial charge in [-0.15, -0.1) is 0 Å². The molecular weight excluding hydrogens is 274 g/mol. The second-order valence-corrected chi connectivity index (χ2v) is 7.76. The third-order valence-electron chi connectivity index (χ3n) is 1.78. The number of rotatable bonds is 7. The molecule has 0 aliphatic carbocycles. The highest BCUT2D eigenvalue weighted by Gasteiger charge is 2.28. The number of sulfonamides is 1. The van der Waals surface area contributed by atoms with Gasteiger partial charge in [-0.05, 0) is 6.92 Å². The Kier molecular flexibility index (Phi) is 5.52. The van der Waals surface area contributed by atoms with Gasteiger partial charge in [-0.1, -0.05) is 0 Å². The molecule has 10 heteroatoms. The summed E-state index contributed by atoms with van der Waals surface area (Å²) in [4.78, 5) is 10.6. The van der Waals surface area contributed by atoms with Gasteiger partial charge in [0.2, 0.25) is 10.0 Å². The van der Waals surface area contributed by atoms with Crippen LogP contribution < -0.4 is 4.72 Å². The summed E-state index contributed by atoms with van der Waals surface area (Å²) in [6, 6.07) is -1.69. The Hall–Kier alpha value is -0.710. The van der Waals surface area contributed by atoms with Crippen LogP contribution in [0.3, 0.4) is 0 Å². The molecule has 0 aromatic rings. The quantitative estimate of drug-likeness (QED) is 0.483. The molecule has 2 atom stereocenters. The van der Waals surface area contributed by atoms with Crippen LogP contribution in [0.1, 0.15) is 6.92 Å². The smallest absolute Gasteiger partial charge is 0.324 e. The number of aliphatic hydroxyl groups is 1. The summed E-state index contributed by atoms with van der Waals surface area (Å²) in [6.45, 7) is 1.11. The van der Waals surface area contributed by atoms with Gasteiger partial charge in [0.25, 0.3) is 0 Å². The van der Waals surface area contributed by atoms with Gasteiger partial charge in [0.05, 0.1) is 17.6 Å². The summed E-state index contributed by atoms with van der Waals surface area (Å²) < 4.78 is 46.0. The van der Waals surface area contributed by atoms with Crippen molar-refractivity contribution in [2.45, 2.75) is 19.1 Å². The van der Waals surface area contributed by atoms with E-state index in [1.807, 2.05) is 0 Å². The lowest BCUT2D eigenvalue weighted by Crippen LogP contribution is -2.48. The summed E-state index contributed by atoms with van der Waals surface area (Å²) in [5.41, 5.74) is 0. The zero-order valence-corrected chi connectivity index (χ0v) is 11.0. The molecule has 2 unspecified atom stereocenters. The van der Waals surface area contributed by atoms with Crippen LogP contribution in [0.4, 0.5) is 0 Å². The number of carbonyl (C=O) groups is 1. The van der Waals surface area contributed by atoms with E-state index in [0.717, 1.165) is 13.2 Å². The molecule has 0 bridgehead atoms. The molecule has 0 aliphatic rings. The number of aliphatic hydroxyl groups excluding tert-OH is 1. The van der Waals surface area contributed by atoms with E-state index in [0.29, 0.717) is 0 Å². The Morgan fingerprint density at radius 1 is 1.24 bits per heavy atom. The van der Waals surface area contributed by atoms with Gasteiger partial charge in [-0.2, -0.15) is 4.72 Å². The van der Waals surface area contributed by atoms with Crippen molar-refractivity contribution in [3.8, 4) is 0 Å². The number of hydrogen-bond donors (Lipinski definition) is 3. The highest BCUT2D eigenvalue weighted by Crippen LogP contribution is 1.98. The van der Waals surface area contributed by atoms with Gasteiger partial charge in [0, 0.05) is 6.26 Å². The van der Waals surface area contributed by atoms with Gasteiger partial charge in [-0.25, -0.2) is 16.8 Å². The van der Waals surface area contributed by atoms with Crippen molar-refractivity contribution < 1.29 is 31.8 Å². The van der Waals surface area contributed by atoms with Crippen LogP contribution in [0.15, 0.2) is 0 Å². The van der Waals surface area contributed by atoms with Gasteiger partial charge < -0.3 is 10.2 Å². The molecule has 0 fully saturated rings. The third-order valence-corrected chi connectivity index (χ3v) is 4.34.